The highest BCUT2D eigenvalue weighted by Gasteiger charge is 2.12. The molecule has 5 heteroatoms. The Morgan fingerprint density at radius 1 is 0.576 bits per heavy atom. The molecule has 1 heterocycles. The van der Waals surface area contributed by atoms with Crippen LogP contribution in [-0.4, -0.2) is 28.9 Å². The van der Waals surface area contributed by atoms with Crippen LogP contribution < -0.4 is 20.4 Å². The molecule has 0 aliphatic heterocycles. The van der Waals surface area contributed by atoms with Gasteiger partial charge in [0.2, 0.25) is 0 Å². The van der Waals surface area contributed by atoms with Gasteiger partial charge in [0.05, 0.1) is 13.2 Å². The molecule has 0 fully saturated rings. The van der Waals surface area contributed by atoms with E-state index in [2.05, 4.69) is 26.0 Å². The molecule has 33 heavy (non-hydrogen) atoms. The van der Waals surface area contributed by atoms with Gasteiger partial charge in [-0.15, -0.1) is 11.3 Å². The Labute approximate surface area is 207 Å². The fraction of sp³-hybridized carbons (Fsp3) is 0.571. The van der Waals surface area contributed by atoms with Crippen LogP contribution in [0, 0.1) is 0 Å². The molecule has 3 rings (SSSR count). The molecule has 0 N–H and O–H groups in total. The molecule has 0 unspecified atom stereocenters. The van der Waals surface area contributed by atoms with Crippen molar-refractivity contribution in [2.75, 3.05) is 13.2 Å². The summed E-state index contributed by atoms with van der Waals surface area (Å²) < 4.78 is 14.4. The Balaban J connectivity index is 1.63. The maximum atomic E-state index is 6.31. The van der Waals surface area contributed by atoms with Crippen molar-refractivity contribution in [2.45, 2.75) is 90.9 Å². The number of rotatable bonds is 16. The summed E-state index contributed by atoms with van der Waals surface area (Å²) in [5, 5.41) is 2.32. The van der Waals surface area contributed by atoms with Gasteiger partial charge in [0.25, 0.3) is 0 Å². The van der Waals surface area contributed by atoms with Crippen LogP contribution in [-0.2, 0) is 0 Å². The summed E-state index contributed by atoms with van der Waals surface area (Å²) in [6.45, 7) is 5.91. The normalized spacial score (nSPS) is 11.5. The molecule has 0 saturated carbocycles. The first kappa shape index (κ1) is 26.0. The highest BCUT2D eigenvalue weighted by Crippen LogP contribution is 2.36. The van der Waals surface area contributed by atoms with Crippen LogP contribution >= 0.6 is 11.3 Å². The van der Waals surface area contributed by atoms with Crippen molar-refractivity contribution in [3.8, 4) is 11.5 Å². The summed E-state index contributed by atoms with van der Waals surface area (Å²) in [5.41, 5.74) is 1.40. The highest BCUT2D eigenvalue weighted by molar-refractivity contribution is 7.26. The lowest BCUT2D eigenvalue weighted by atomic mass is 9.92. The molecule has 1 aromatic heterocycles. The second kappa shape index (κ2) is 13.9. The van der Waals surface area contributed by atoms with Gasteiger partial charge in [-0.2, -0.15) is 0 Å². The predicted octanol–water partition coefficient (Wildman–Crippen LogP) is 7.12. The predicted molar refractivity (Wildman–Crippen MR) is 148 cm³/mol. The van der Waals surface area contributed by atoms with E-state index in [1.165, 1.54) is 64.2 Å². The standard InChI is InChI=1S/C28H38B2O2S/c1-3-5-7-9-11-13-15-31-25-17-21-22-18-26(32-16-14-12-10-8-6-4-2)24(30)20-28(22)33-27(21)19-23(25)29/h17-20H,3-16H2,1-2H3. The average Bonchev–Trinajstić information content (AvgIpc) is 3.13. The zero-order valence-corrected chi connectivity index (χ0v) is 21.4. The highest BCUT2D eigenvalue weighted by atomic mass is 32.1. The van der Waals surface area contributed by atoms with Gasteiger partial charge in [0.15, 0.2) is 0 Å². The van der Waals surface area contributed by atoms with Gasteiger partial charge in [0, 0.05) is 20.2 Å². The van der Waals surface area contributed by atoms with E-state index in [-0.39, 0.29) is 0 Å². The van der Waals surface area contributed by atoms with Gasteiger partial charge < -0.3 is 9.47 Å². The molecule has 0 amide bonds. The molecule has 0 aliphatic carbocycles. The van der Waals surface area contributed by atoms with E-state index in [1.807, 2.05) is 12.1 Å². The molecule has 0 bridgehead atoms. The topological polar surface area (TPSA) is 18.5 Å². The number of hydrogen-bond donors (Lipinski definition) is 0. The van der Waals surface area contributed by atoms with Crippen LogP contribution in [0.3, 0.4) is 0 Å². The monoisotopic (exact) mass is 460 g/mol. The van der Waals surface area contributed by atoms with Crippen LogP contribution in [0.5, 0.6) is 11.5 Å². The fourth-order valence-corrected chi connectivity index (χ4v) is 5.41. The molecule has 3 aromatic rings. The number of hydrogen-bond acceptors (Lipinski definition) is 3. The smallest absolute Gasteiger partial charge is 0.119 e. The van der Waals surface area contributed by atoms with E-state index < -0.39 is 0 Å². The van der Waals surface area contributed by atoms with Crippen molar-refractivity contribution in [1.29, 1.82) is 0 Å². The Kier molecular flexibility index (Phi) is 11.0. The Bertz CT molecular complexity index is 920. The lowest BCUT2D eigenvalue weighted by molar-refractivity contribution is 0.307. The number of ether oxygens (including phenoxy) is 2. The number of fused-ring (bicyclic) bond motifs is 3. The third-order valence-corrected chi connectivity index (χ3v) is 7.36. The zero-order valence-electron chi connectivity index (χ0n) is 20.6. The summed E-state index contributed by atoms with van der Waals surface area (Å²) in [6, 6.07) is 8.25. The molecular weight excluding hydrogens is 422 g/mol. The van der Waals surface area contributed by atoms with Crippen molar-refractivity contribution >= 4 is 58.1 Å². The van der Waals surface area contributed by atoms with Gasteiger partial charge >= 0.3 is 0 Å². The molecule has 4 radical (unpaired) electrons. The van der Waals surface area contributed by atoms with Gasteiger partial charge in [0.1, 0.15) is 27.2 Å². The fourth-order valence-electron chi connectivity index (χ4n) is 4.24. The second-order valence-electron chi connectivity index (χ2n) is 9.11. The van der Waals surface area contributed by atoms with Crippen LogP contribution in [0.25, 0.3) is 20.2 Å². The minimum atomic E-state index is 0.701. The van der Waals surface area contributed by atoms with Gasteiger partial charge in [-0.1, -0.05) is 89.0 Å². The molecule has 0 saturated heterocycles. The molecule has 2 aromatic carbocycles. The van der Waals surface area contributed by atoms with Crippen LogP contribution in [0.1, 0.15) is 90.9 Å². The molecule has 2 nitrogen and oxygen atoms in total. The SMILES string of the molecule is [B]c1cc2sc3cc([B])c(OCCCCCCCC)cc3c2cc1OCCCCCCCC. The quantitative estimate of drug-likeness (QED) is 0.167. The molecular formula is C28H38B2O2S. The van der Waals surface area contributed by atoms with E-state index in [9.17, 15) is 0 Å². The van der Waals surface area contributed by atoms with Crippen molar-refractivity contribution in [3.63, 3.8) is 0 Å². The lowest BCUT2D eigenvalue weighted by Crippen LogP contribution is -2.10. The third-order valence-electron chi connectivity index (χ3n) is 6.25. The first-order valence-electron chi connectivity index (χ1n) is 12.9. The zero-order chi connectivity index (χ0) is 23.5. The lowest BCUT2D eigenvalue weighted by Gasteiger charge is -2.11. The van der Waals surface area contributed by atoms with Crippen molar-refractivity contribution < 1.29 is 9.47 Å². The van der Waals surface area contributed by atoms with E-state index in [1.54, 1.807) is 11.3 Å². The van der Waals surface area contributed by atoms with Gasteiger partial charge in [-0.3, -0.25) is 0 Å². The first-order valence-corrected chi connectivity index (χ1v) is 13.8. The third kappa shape index (κ3) is 7.70. The molecule has 0 spiro atoms. The van der Waals surface area contributed by atoms with Crippen LogP contribution in [0.2, 0.25) is 0 Å². The van der Waals surface area contributed by atoms with Gasteiger partial charge in [-0.25, -0.2) is 0 Å². The summed E-state index contributed by atoms with van der Waals surface area (Å²) in [6.07, 6.45) is 15.0. The average molecular weight is 460 g/mol. The maximum Gasteiger partial charge on any atom is 0.119 e. The largest absolute Gasteiger partial charge is 0.494 e. The Morgan fingerprint density at radius 2 is 0.970 bits per heavy atom. The second-order valence-corrected chi connectivity index (χ2v) is 10.2. The van der Waals surface area contributed by atoms with Crippen LogP contribution in [0.15, 0.2) is 24.3 Å². The molecule has 0 atom stereocenters. The van der Waals surface area contributed by atoms with Gasteiger partial charge in [-0.05, 0) is 37.1 Å². The minimum Gasteiger partial charge on any atom is -0.494 e. The van der Waals surface area contributed by atoms with E-state index in [0.717, 1.165) is 44.5 Å². The summed E-state index contributed by atoms with van der Waals surface area (Å²) in [7, 11) is 12.6. The number of benzene rings is 2. The number of thiophene rings is 1. The Morgan fingerprint density at radius 3 is 1.39 bits per heavy atom. The van der Waals surface area contributed by atoms with Crippen molar-refractivity contribution in [2.24, 2.45) is 0 Å². The summed E-state index contributed by atoms with van der Waals surface area (Å²) >= 11 is 1.72. The van der Waals surface area contributed by atoms with Crippen molar-refractivity contribution in [3.05, 3.63) is 24.3 Å². The van der Waals surface area contributed by atoms with E-state index in [0.29, 0.717) is 24.1 Å². The van der Waals surface area contributed by atoms with E-state index >= 15 is 0 Å². The van der Waals surface area contributed by atoms with Crippen molar-refractivity contribution in [1.82, 2.24) is 0 Å². The molecule has 0 aliphatic rings. The number of unbranched alkanes of at least 4 members (excludes halogenated alkanes) is 10. The maximum absolute atomic E-state index is 6.31. The first-order chi connectivity index (χ1) is 16.1. The summed E-state index contributed by atoms with van der Waals surface area (Å²) in [5.74, 6) is 1.56. The Hall–Kier alpha value is -1.61. The molecule has 174 valence electrons. The van der Waals surface area contributed by atoms with Crippen LogP contribution in [0.4, 0.5) is 0 Å². The minimum absolute atomic E-state index is 0.701. The van der Waals surface area contributed by atoms with E-state index in [4.69, 9.17) is 25.2 Å². The summed E-state index contributed by atoms with van der Waals surface area (Å²) in [4.78, 5) is 0.